The predicted molar refractivity (Wildman–Crippen MR) is 64.8 cm³/mol. The molecule has 2 aromatic rings. The van der Waals surface area contributed by atoms with Crippen LogP contribution in [0.15, 0.2) is 47.4 Å². The first-order valence-electron chi connectivity index (χ1n) is 4.88. The first-order valence-corrected chi connectivity index (χ1v) is 7.19. The van der Waals surface area contributed by atoms with Gasteiger partial charge in [-0.2, -0.15) is 0 Å². The van der Waals surface area contributed by atoms with Crippen LogP contribution in [0.4, 0.5) is 8.78 Å². The Labute approximate surface area is 107 Å². The second-order valence-corrected chi connectivity index (χ2v) is 6.13. The van der Waals surface area contributed by atoms with Crippen molar-refractivity contribution in [2.75, 3.05) is 0 Å². The summed E-state index contributed by atoms with van der Waals surface area (Å²) in [6, 6.07) is 8.98. The Bertz CT molecular complexity index is 699. The molecule has 0 spiro atoms. The first-order chi connectivity index (χ1) is 8.38. The molecule has 6 heteroatoms. The fourth-order valence-corrected chi connectivity index (χ4v) is 2.44. The zero-order valence-electron chi connectivity index (χ0n) is 8.90. The Morgan fingerprint density at radius 3 is 2.17 bits per heavy atom. The molecular formula is C12H7ClF2O2S. The van der Waals surface area contributed by atoms with Crippen LogP contribution in [0.25, 0.3) is 11.1 Å². The number of hydrogen-bond acceptors (Lipinski definition) is 2. The van der Waals surface area contributed by atoms with Crippen molar-refractivity contribution in [2.24, 2.45) is 0 Å². The Morgan fingerprint density at radius 2 is 1.61 bits per heavy atom. The number of benzene rings is 2. The molecule has 0 aromatic heterocycles. The molecule has 2 aromatic carbocycles. The van der Waals surface area contributed by atoms with Crippen molar-refractivity contribution in [3.63, 3.8) is 0 Å². The van der Waals surface area contributed by atoms with Gasteiger partial charge in [0.25, 0.3) is 9.05 Å². The highest BCUT2D eigenvalue weighted by atomic mass is 35.7. The van der Waals surface area contributed by atoms with Crippen molar-refractivity contribution in [3.05, 3.63) is 54.1 Å². The molecule has 0 atom stereocenters. The van der Waals surface area contributed by atoms with Crippen molar-refractivity contribution in [2.45, 2.75) is 4.90 Å². The molecule has 0 fully saturated rings. The highest BCUT2D eigenvalue weighted by Crippen LogP contribution is 2.26. The van der Waals surface area contributed by atoms with Crippen molar-refractivity contribution in [1.29, 1.82) is 0 Å². The van der Waals surface area contributed by atoms with E-state index in [4.69, 9.17) is 10.7 Å². The van der Waals surface area contributed by atoms with Crippen molar-refractivity contribution in [3.8, 4) is 11.1 Å². The summed E-state index contributed by atoms with van der Waals surface area (Å²) in [6.45, 7) is 0. The van der Waals surface area contributed by atoms with Crippen LogP contribution in [0.2, 0.25) is 0 Å². The maximum Gasteiger partial charge on any atom is 0.264 e. The highest BCUT2D eigenvalue weighted by Gasteiger charge is 2.16. The molecule has 0 N–H and O–H groups in total. The van der Waals surface area contributed by atoms with E-state index in [9.17, 15) is 17.2 Å². The third kappa shape index (κ3) is 2.68. The van der Waals surface area contributed by atoms with E-state index in [2.05, 4.69) is 0 Å². The number of hydrogen-bond donors (Lipinski definition) is 0. The minimum atomic E-state index is -4.12. The molecule has 0 amide bonds. The van der Waals surface area contributed by atoms with Crippen LogP contribution in [-0.4, -0.2) is 8.42 Å². The van der Waals surface area contributed by atoms with Crippen molar-refractivity contribution >= 4 is 19.7 Å². The third-order valence-corrected chi connectivity index (χ3v) is 3.71. The smallest absolute Gasteiger partial charge is 0.207 e. The van der Waals surface area contributed by atoms with Crippen LogP contribution in [0.1, 0.15) is 0 Å². The summed E-state index contributed by atoms with van der Waals surface area (Å²) >= 11 is 0. The molecule has 0 bridgehead atoms. The van der Waals surface area contributed by atoms with Gasteiger partial charge >= 0.3 is 0 Å². The van der Waals surface area contributed by atoms with Gasteiger partial charge < -0.3 is 0 Å². The van der Waals surface area contributed by atoms with E-state index in [0.29, 0.717) is 11.1 Å². The summed E-state index contributed by atoms with van der Waals surface area (Å²) in [7, 11) is 0.942. The highest BCUT2D eigenvalue weighted by molar-refractivity contribution is 8.13. The second kappa shape index (κ2) is 4.66. The van der Waals surface area contributed by atoms with Gasteiger partial charge in [0.2, 0.25) is 0 Å². The summed E-state index contributed by atoms with van der Waals surface area (Å²) < 4.78 is 48.6. The average molecular weight is 289 g/mol. The Morgan fingerprint density at radius 1 is 0.944 bits per heavy atom. The van der Waals surface area contributed by atoms with Gasteiger partial charge in [-0.3, -0.25) is 0 Å². The quantitative estimate of drug-likeness (QED) is 0.792. The Balaban J connectivity index is 2.53. The average Bonchev–Trinajstić information content (AvgIpc) is 2.27. The van der Waals surface area contributed by atoms with Gasteiger partial charge in [-0.25, -0.2) is 17.2 Å². The van der Waals surface area contributed by atoms with Gasteiger partial charge in [-0.15, -0.1) is 0 Å². The minimum absolute atomic E-state index is 0.371. The summed E-state index contributed by atoms with van der Waals surface area (Å²) in [6.07, 6.45) is 0. The molecule has 0 aliphatic carbocycles. The van der Waals surface area contributed by atoms with Gasteiger partial charge in [-0.1, -0.05) is 18.2 Å². The zero-order chi connectivity index (χ0) is 13.3. The molecule has 94 valence electrons. The maximum absolute atomic E-state index is 13.6. The standard InChI is InChI=1S/C12H7ClF2O2S/c13-18(16,17)12-5-4-9(7-11(12)15)8-2-1-3-10(14)6-8/h1-7H. The summed E-state index contributed by atoms with van der Waals surface area (Å²) in [5, 5.41) is 0. The lowest BCUT2D eigenvalue weighted by Crippen LogP contribution is -1.95. The van der Waals surface area contributed by atoms with E-state index in [-0.39, 0.29) is 0 Å². The van der Waals surface area contributed by atoms with Crippen molar-refractivity contribution in [1.82, 2.24) is 0 Å². The molecule has 0 unspecified atom stereocenters. The van der Waals surface area contributed by atoms with Crippen LogP contribution >= 0.6 is 10.7 Å². The van der Waals surface area contributed by atoms with E-state index < -0.39 is 25.6 Å². The van der Waals surface area contributed by atoms with Gasteiger partial charge in [0.15, 0.2) is 0 Å². The minimum Gasteiger partial charge on any atom is -0.207 e. The van der Waals surface area contributed by atoms with Gasteiger partial charge in [0.1, 0.15) is 16.5 Å². The van der Waals surface area contributed by atoms with Gasteiger partial charge in [0.05, 0.1) is 0 Å². The molecule has 0 heterocycles. The Kier molecular flexibility index (Phi) is 3.36. The van der Waals surface area contributed by atoms with Gasteiger partial charge in [-0.05, 0) is 35.4 Å². The lowest BCUT2D eigenvalue weighted by Gasteiger charge is -2.04. The van der Waals surface area contributed by atoms with E-state index in [0.717, 1.165) is 12.1 Å². The zero-order valence-corrected chi connectivity index (χ0v) is 10.5. The summed E-state index contributed by atoms with van der Waals surface area (Å²) in [5.41, 5.74) is 0.823. The molecule has 2 rings (SSSR count). The number of rotatable bonds is 2. The summed E-state index contributed by atoms with van der Waals surface area (Å²) in [5.74, 6) is -1.42. The molecule has 0 aliphatic heterocycles. The van der Waals surface area contributed by atoms with E-state index in [1.807, 2.05) is 0 Å². The molecule has 0 aliphatic rings. The van der Waals surface area contributed by atoms with Crippen LogP contribution in [-0.2, 0) is 9.05 Å². The van der Waals surface area contributed by atoms with E-state index >= 15 is 0 Å². The normalized spacial score (nSPS) is 11.5. The fourth-order valence-electron chi connectivity index (χ4n) is 1.55. The van der Waals surface area contributed by atoms with Crippen LogP contribution < -0.4 is 0 Å². The molecule has 18 heavy (non-hydrogen) atoms. The first kappa shape index (κ1) is 13.0. The maximum atomic E-state index is 13.6. The summed E-state index contributed by atoms with van der Waals surface area (Å²) in [4.78, 5) is -0.593. The predicted octanol–water partition coefficient (Wildman–Crippen LogP) is 3.56. The molecule has 2 nitrogen and oxygen atoms in total. The van der Waals surface area contributed by atoms with Crippen LogP contribution in [0, 0.1) is 11.6 Å². The largest absolute Gasteiger partial charge is 0.264 e. The Hall–Kier alpha value is -1.46. The van der Waals surface area contributed by atoms with Crippen LogP contribution in [0.3, 0.4) is 0 Å². The van der Waals surface area contributed by atoms with Crippen molar-refractivity contribution < 1.29 is 17.2 Å². The monoisotopic (exact) mass is 288 g/mol. The second-order valence-electron chi connectivity index (χ2n) is 3.59. The molecule has 0 saturated carbocycles. The van der Waals surface area contributed by atoms with E-state index in [1.54, 1.807) is 6.07 Å². The lowest BCUT2D eigenvalue weighted by molar-refractivity contribution is 0.576. The molecule has 0 radical (unpaired) electrons. The molecular weight excluding hydrogens is 282 g/mol. The van der Waals surface area contributed by atoms with E-state index in [1.165, 1.54) is 24.3 Å². The topological polar surface area (TPSA) is 34.1 Å². The van der Waals surface area contributed by atoms with Crippen LogP contribution in [0.5, 0.6) is 0 Å². The number of halogens is 3. The van der Waals surface area contributed by atoms with Gasteiger partial charge in [0, 0.05) is 10.7 Å². The fraction of sp³-hybridized carbons (Fsp3) is 0. The lowest BCUT2D eigenvalue weighted by atomic mass is 10.1. The third-order valence-electron chi connectivity index (χ3n) is 2.35. The molecule has 0 saturated heterocycles. The SMILES string of the molecule is O=S(=O)(Cl)c1ccc(-c2cccc(F)c2)cc1F.